The summed E-state index contributed by atoms with van der Waals surface area (Å²) in [4.78, 5) is 17.7. The molecule has 0 atom stereocenters. The predicted molar refractivity (Wildman–Crippen MR) is 57.7 cm³/mol. The molecule has 15 heavy (non-hydrogen) atoms. The number of nitrogens with zero attached hydrogens (tertiary/aromatic N) is 3. The minimum Gasteiger partial charge on any atom is -0.324 e. The van der Waals surface area contributed by atoms with Crippen LogP contribution < -0.4 is 0 Å². The van der Waals surface area contributed by atoms with Crippen LogP contribution in [0.15, 0.2) is 18.7 Å². The van der Waals surface area contributed by atoms with Gasteiger partial charge in [0.05, 0.1) is 0 Å². The second-order valence-corrected chi connectivity index (χ2v) is 4.16. The maximum Gasteiger partial charge on any atom is 0.329 e. The molecule has 1 fully saturated rings. The molecule has 0 N–H and O–H groups in total. The van der Waals surface area contributed by atoms with Crippen molar-refractivity contribution in [1.82, 2.24) is 14.5 Å². The number of hydrogen-bond acceptors (Lipinski definition) is 2. The van der Waals surface area contributed by atoms with Crippen molar-refractivity contribution in [2.75, 3.05) is 7.05 Å². The smallest absolute Gasteiger partial charge is 0.324 e. The molecule has 82 valence electrons. The molecule has 0 saturated heterocycles. The summed E-state index contributed by atoms with van der Waals surface area (Å²) in [5.41, 5.74) is 0. The first-order valence-electron chi connectivity index (χ1n) is 5.54. The highest BCUT2D eigenvalue weighted by Gasteiger charge is 2.22. The van der Waals surface area contributed by atoms with Gasteiger partial charge in [0.15, 0.2) is 0 Å². The second kappa shape index (κ2) is 4.47. The first kappa shape index (κ1) is 10.2. The van der Waals surface area contributed by atoms with Crippen LogP contribution in [0, 0.1) is 0 Å². The molecule has 0 radical (unpaired) electrons. The molecule has 1 saturated carbocycles. The number of imidazole rings is 1. The number of carbonyl (C=O) groups is 1. The molecule has 0 spiro atoms. The van der Waals surface area contributed by atoms with Gasteiger partial charge in [-0.25, -0.2) is 9.78 Å². The molecule has 1 amide bonds. The fraction of sp³-hybridized carbons (Fsp3) is 0.636. The Balaban J connectivity index is 2.00. The molecule has 2 rings (SSSR count). The Kier molecular flexibility index (Phi) is 3.04. The van der Waals surface area contributed by atoms with E-state index in [0.717, 1.165) is 12.8 Å². The van der Waals surface area contributed by atoms with Crippen molar-refractivity contribution in [2.24, 2.45) is 0 Å². The van der Waals surface area contributed by atoms with Gasteiger partial charge in [0.2, 0.25) is 0 Å². The van der Waals surface area contributed by atoms with Crippen LogP contribution in [0.5, 0.6) is 0 Å². The second-order valence-electron chi connectivity index (χ2n) is 4.16. The van der Waals surface area contributed by atoms with Gasteiger partial charge in [-0.05, 0) is 12.8 Å². The Morgan fingerprint density at radius 1 is 1.40 bits per heavy atom. The van der Waals surface area contributed by atoms with E-state index in [9.17, 15) is 4.79 Å². The van der Waals surface area contributed by atoms with Gasteiger partial charge in [0, 0.05) is 25.5 Å². The van der Waals surface area contributed by atoms with Gasteiger partial charge in [-0.15, -0.1) is 0 Å². The van der Waals surface area contributed by atoms with Crippen LogP contribution >= 0.6 is 0 Å². The largest absolute Gasteiger partial charge is 0.329 e. The summed E-state index contributed by atoms with van der Waals surface area (Å²) in [6.45, 7) is 0. The first-order valence-corrected chi connectivity index (χ1v) is 5.54. The number of hydrogen-bond donors (Lipinski definition) is 0. The van der Waals surface area contributed by atoms with Crippen molar-refractivity contribution >= 4 is 6.03 Å². The van der Waals surface area contributed by atoms with Gasteiger partial charge in [0.25, 0.3) is 0 Å². The van der Waals surface area contributed by atoms with Crippen molar-refractivity contribution < 1.29 is 4.79 Å². The highest BCUT2D eigenvalue weighted by Crippen LogP contribution is 2.21. The van der Waals surface area contributed by atoms with Crippen LogP contribution in [-0.4, -0.2) is 33.6 Å². The third kappa shape index (κ3) is 2.19. The summed E-state index contributed by atoms with van der Waals surface area (Å²) < 4.78 is 1.54. The molecular formula is C11H17N3O. The number of rotatable bonds is 1. The van der Waals surface area contributed by atoms with Gasteiger partial charge >= 0.3 is 6.03 Å². The molecule has 4 nitrogen and oxygen atoms in total. The van der Waals surface area contributed by atoms with Crippen molar-refractivity contribution in [3.8, 4) is 0 Å². The lowest BCUT2D eigenvalue weighted by Gasteiger charge is -2.30. The van der Waals surface area contributed by atoms with E-state index in [-0.39, 0.29) is 6.03 Å². The molecule has 0 aliphatic heterocycles. The highest BCUT2D eigenvalue weighted by molar-refractivity contribution is 5.76. The summed E-state index contributed by atoms with van der Waals surface area (Å²) in [6.07, 6.45) is 11.0. The minimum atomic E-state index is 0.0272. The molecule has 1 aliphatic carbocycles. The zero-order chi connectivity index (χ0) is 10.7. The summed E-state index contributed by atoms with van der Waals surface area (Å²) in [5.74, 6) is 0. The SMILES string of the molecule is CN(C(=O)n1ccnc1)C1CCCCC1. The molecule has 0 unspecified atom stereocenters. The zero-order valence-corrected chi connectivity index (χ0v) is 9.09. The number of amides is 1. The summed E-state index contributed by atoms with van der Waals surface area (Å²) in [5, 5.41) is 0. The normalized spacial score (nSPS) is 17.7. The van der Waals surface area contributed by atoms with E-state index in [2.05, 4.69) is 4.98 Å². The molecule has 1 aliphatic rings. The van der Waals surface area contributed by atoms with E-state index in [1.54, 1.807) is 18.7 Å². The molecule has 1 aromatic heterocycles. The van der Waals surface area contributed by atoms with Gasteiger partial charge in [-0.1, -0.05) is 19.3 Å². The average molecular weight is 207 g/mol. The van der Waals surface area contributed by atoms with E-state index < -0.39 is 0 Å². The van der Waals surface area contributed by atoms with Crippen LogP contribution in [0.2, 0.25) is 0 Å². The number of carbonyl (C=O) groups excluding carboxylic acids is 1. The fourth-order valence-electron chi connectivity index (χ4n) is 2.18. The van der Waals surface area contributed by atoms with Crippen molar-refractivity contribution in [3.05, 3.63) is 18.7 Å². The molecule has 0 bridgehead atoms. The monoisotopic (exact) mass is 207 g/mol. The average Bonchev–Trinajstić information content (AvgIpc) is 2.82. The maximum atomic E-state index is 12.0. The van der Waals surface area contributed by atoms with Crippen molar-refractivity contribution in [3.63, 3.8) is 0 Å². The van der Waals surface area contributed by atoms with Crippen LogP contribution in [0.1, 0.15) is 32.1 Å². The van der Waals surface area contributed by atoms with Crippen molar-refractivity contribution in [2.45, 2.75) is 38.1 Å². The Bertz CT molecular complexity index is 315. The molecule has 4 heteroatoms. The van der Waals surface area contributed by atoms with E-state index in [1.165, 1.54) is 23.8 Å². The van der Waals surface area contributed by atoms with Crippen LogP contribution in [0.25, 0.3) is 0 Å². The van der Waals surface area contributed by atoms with Gasteiger partial charge in [0.1, 0.15) is 6.33 Å². The Labute approximate surface area is 89.9 Å². The predicted octanol–water partition coefficient (Wildman–Crippen LogP) is 2.12. The minimum absolute atomic E-state index is 0.0272. The third-order valence-corrected chi connectivity index (χ3v) is 3.15. The molecule has 1 aromatic rings. The Morgan fingerprint density at radius 3 is 2.73 bits per heavy atom. The fourth-order valence-corrected chi connectivity index (χ4v) is 2.18. The maximum absolute atomic E-state index is 12.0. The number of aromatic nitrogens is 2. The molecular weight excluding hydrogens is 190 g/mol. The Hall–Kier alpha value is -1.32. The van der Waals surface area contributed by atoms with Gasteiger partial charge in [-0.3, -0.25) is 4.57 Å². The van der Waals surface area contributed by atoms with Gasteiger partial charge in [-0.2, -0.15) is 0 Å². The lowest BCUT2D eigenvalue weighted by Crippen LogP contribution is -2.40. The van der Waals surface area contributed by atoms with Crippen LogP contribution in [-0.2, 0) is 0 Å². The first-order chi connectivity index (χ1) is 7.29. The van der Waals surface area contributed by atoms with Crippen LogP contribution in [0.3, 0.4) is 0 Å². The van der Waals surface area contributed by atoms with E-state index >= 15 is 0 Å². The lowest BCUT2D eigenvalue weighted by molar-refractivity contribution is 0.175. The zero-order valence-electron chi connectivity index (χ0n) is 9.09. The Morgan fingerprint density at radius 2 is 2.13 bits per heavy atom. The summed E-state index contributed by atoms with van der Waals surface area (Å²) in [6, 6.07) is 0.438. The highest BCUT2D eigenvalue weighted by atomic mass is 16.2. The molecule has 0 aromatic carbocycles. The summed E-state index contributed by atoms with van der Waals surface area (Å²) in [7, 11) is 1.89. The standard InChI is InChI=1S/C11H17N3O/c1-13(10-5-3-2-4-6-10)11(15)14-8-7-12-9-14/h7-10H,2-6H2,1H3. The topological polar surface area (TPSA) is 38.1 Å². The van der Waals surface area contributed by atoms with Gasteiger partial charge < -0.3 is 4.90 Å². The quantitative estimate of drug-likeness (QED) is 0.707. The lowest BCUT2D eigenvalue weighted by atomic mass is 9.95. The van der Waals surface area contributed by atoms with Crippen LogP contribution in [0.4, 0.5) is 4.79 Å². The van der Waals surface area contributed by atoms with E-state index in [1.807, 2.05) is 11.9 Å². The summed E-state index contributed by atoms with van der Waals surface area (Å²) >= 11 is 0. The molecule has 1 heterocycles. The third-order valence-electron chi connectivity index (χ3n) is 3.15. The van der Waals surface area contributed by atoms with E-state index in [4.69, 9.17) is 0 Å². The van der Waals surface area contributed by atoms with E-state index in [0.29, 0.717) is 6.04 Å². The van der Waals surface area contributed by atoms with Crippen molar-refractivity contribution in [1.29, 1.82) is 0 Å².